The molecule has 4 nitrogen and oxygen atoms in total. The highest BCUT2D eigenvalue weighted by Gasteiger charge is 2.22. The molecule has 0 aromatic heterocycles. The third-order valence-corrected chi connectivity index (χ3v) is 5.03. The number of carbonyl (C=O) groups excluding carboxylic acids is 1. The van der Waals surface area contributed by atoms with E-state index in [1.807, 2.05) is 18.2 Å². The van der Waals surface area contributed by atoms with Crippen molar-refractivity contribution in [2.75, 3.05) is 20.3 Å². The molecule has 0 spiro atoms. The second-order valence-corrected chi connectivity index (χ2v) is 7.23. The number of ether oxygens (including phenoxy) is 3. The molecule has 3 aromatic rings. The van der Waals surface area contributed by atoms with Gasteiger partial charge in [0.15, 0.2) is 6.29 Å². The minimum absolute atomic E-state index is 0.0828. The van der Waals surface area contributed by atoms with E-state index in [0.717, 1.165) is 12.0 Å². The van der Waals surface area contributed by atoms with E-state index < -0.39 is 0 Å². The Kier molecular flexibility index (Phi) is 6.55. The van der Waals surface area contributed by atoms with Gasteiger partial charge in [-0.05, 0) is 35.4 Å². The van der Waals surface area contributed by atoms with Crippen LogP contribution in [0.15, 0.2) is 72.8 Å². The molecule has 0 saturated heterocycles. The Hall–Kier alpha value is -3.27. The number of benzene rings is 3. The Bertz CT molecular complexity index is 931. The molecule has 0 amide bonds. The summed E-state index contributed by atoms with van der Waals surface area (Å²) in [6.45, 7) is 5.12. The number of carbonyl (C=O) groups is 1. The predicted octanol–water partition coefficient (Wildman–Crippen LogP) is 5.29. The van der Waals surface area contributed by atoms with Crippen molar-refractivity contribution >= 4 is 6.29 Å². The Balaban J connectivity index is 1.57. The summed E-state index contributed by atoms with van der Waals surface area (Å²) in [5, 5.41) is 0. The Morgan fingerprint density at radius 3 is 2.07 bits per heavy atom. The fourth-order valence-electron chi connectivity index (χ4n) is 3.16. The van der Waals surface area contributed by atoms with Gasteiger partial charge in [0.2, 0.25) is 0 Å². The summed E-state index contributed by atoms with van der Waals surface area (Å²) in [5.41, 5.74) is 2.89. The van der Waals surface area contributed by atoms with Crippen molar-refractivity contribution in [3.05, 3.63) is 89.5 Å². The lowest BCUT2D eigenvalue weighted by molar-refractivity contribution is 0.111. The summed E-state index contributed by atoms with van der Waals surface area (Å²) >= 11 is 0. The lowest BCUT2D eigenvalue weighted by atomic mass is 9.78. The summed E-state index contributed by atoms with van der Waals surface area (Å²) in [4.78, 5) is 11.1. The second-order valence-electron chi connectivity index (χ2n) is 7.23. The van der Waals surface area contributed by atoms with E-state index in [-0.39, 0.29) is 5.41 Å². The van der Waals surface area contributed by atoms with Gasteiger partial charge in [-0.1, -0.05) is 56.3 Å². The van der Waals surface area contributed by atoms with Crippen molar-refractivity contribution in [3.8, 4) is 17.2 Å². The van der Waals surface area contributed by atoms with Gasteiger partial charge in [0.05, 0.1) is 12.7 Å². The second kappa shape index (κ2) is 9.28. The highest BCUT2D eigenvalue weighted by molar-refractivity contribution is 5.79. The van der Waals surface area contributed by atoms with Gasteiger partial charge < -0.3 is 14.2 Å². The van der Waals surface area contributed by atoms with Crippen LogP contribution in [-0.2, 0) is 5.41 Å². The van der Waals surface area contributed by atoms with Crippen molar-refractivity contribution in [2.45, 2.75) is 19.3 Å². The van der Waals surface area contributed by atoms with Crippen LogP contribution in [0.25, 0.3) is 0 Å². The fourth-order valence-corrected chi connectivity index (χ4v) is 3.16. The largest absolute Gasteiger partial charge is 0.497 e. The van der Waals surface area contributed by atoms with E-state index in [0.29, 0.717) is 30.3 Å². The first-order valence-electron chi connectivity index (χ1n) is 9.59. The maximum atomic E-state index is 11.1. The molecular weight excluding hydrogens is 364 g/mol. The molecule has 3 rings (SSSR count). The normalized spacial score (nSPS) is 11.0. The van der Waals surface area contributed by atoms with E-state index in [1.165, 1.54) is 11.1 Å². The van der Waals surface area contributed by atoms with Crippen molar-refractivity contribution in [2.24, 2.45) is 0 Å². The maximum Gasteiger partial charge on any atom is 0.153 e. The molecule has 150 valence electrons. The number of aldehydes is 1. The molecule has 4 heteroatoms. The summed E-state index contributed by atoms with van der Waals surface area (Å²) < 4.78 is 16.7. The zero-order valence-corrected chi connectivity index (χ0v) is 17.1. The van der Waals surface area contributed by atoms with Gasteiger partial charge in [0.25, 0.3) is 0 Å². The van der Waals surface area contributed by atoms with Gasteiger partial charge in [0, 0.05) is 11.5 Å². The Labute approximate surface area is 172 Å². The van der Waals surface area contributed by atoms with Gasteiger partial charge >= 0.3 is 0 Å². The molecule has 0 N–H and O–H groups in total. The molecular formula is C25H26O4. The van der Waals surface area contributed by atoms with E-state index in [4.69, 9.17) is 14.2 Å². The Morgan fingerprint density at radius 1 is 0.793 bits per heavy atom. The van der Waals surface area contributed by atoms with E-state index in [2.05, 4.69) is 50.2 Å². The molecule has 0 radical (unpaired) electrons. The first-order chi connectivity index (χ1) is 14.0. The summed E-state index contributed by atoms with van der Waals surface area (Å²) in [5.74, 6) is 1.91. The molecule has 0 aliphatic carbocycles. The summed E-state index contributed by atoms with van der Waals surface area (Å²) in [7, 11) is 1.57. The average Bonchev–Trinajstić information content (AvgIpc) is 2.77. The van der Waals surface area contributed by atoms with Crippen molar-refractivity contribution in [1.29, 1.82) is 0 Å². The van der Waals surface area contributed by atoms with Crippen LogP contribution >= 0.6 is 0 Å². The third-order valence-electron chi connectivity index (χ3n) is 5.03. The minimum Gasteiger partial charge on any atom is -0.497 e. The lowest BCUT2D eigenvalue weighted by Gasteiger charge is -2.26. The fraction of sp³-hybridized carbons (Fsp3) is 0.240. The van der Waals surface area contributed by atoms with Gasteiger partial charge in [-0.25, -0.2) is 0 Å². The van der Waals surface area contributed by atoms with Crippen LogP contribution in [-0.4, -0.2) is 26.6 Å². The van der Waals surface area contributed by atoms with Gasteiger partial charge in [-0.15, -0.1) is 0 Å². The quantitative estimate of drug-likeness (QED) is 0.368. The van der Waals surface area contributed by atoms with Crippen LogP contribution in [0, 0.1) is 0 Å². The van der Waals surface area contributed by atoms with E-state index in [9.17, 15) is 4.79 Å². The van der Waals surface area contributed by atoms with Crippen LogP contribution in [0.5, 0.6) is 17.2 Å². The molecule has 0 aliphatic rings. The van der Waals surface area contributed by atoms with Gasteiger partial charge in [0.1, 0.15) is 30.5 Å². The molecule has 0 fully saturated rings. The van der Waals surface area contributed by atoms with E-state index >= 15 is 0 Å². The van der Waals surface area contributed by atoms with Crippen LogP contribution < -0.4 is 14.2 Å². The van der Waals surface area contributed by atoms with Crippen LogP contribution in [0.3, 0.4) is 0 Å². The number of hydrogen-bond donors (Lipinski definition) is 0. The molecule has 0 saturated carbocycles. The van der Waals surface area contributed by atoms with Crippen molar-refractivity contribution in [3.63, 3.8) is 0 Å². The summed E-state index contributed by atoms with van der Waals surface area (Å²) in [6, 6.07) is 23.7. The minimum atomic E-state index is -0.0828. The summed E-state index contributed by atoms with van der Waals surface area (Å²) in [6.07, 6.45) is 0.767. The van der Waals surface area contributed by atoms with Crippen LogP contribution in [0.4, 0.5) is 0 Å². The maximum absolute atomic E-state index is 11.1. The van der Waals surface area contributed by atoms with E-state index in [1.54, 1.807) is 25.3 Å². The highest BCUT2D eigenvalue weighted by Crippen LogP contribution is 2.32. The SMILES string of the molecule is COc1ccc(C=O)c(OCCOc2ccc(C(C)(C)c3ccccc3)cc2)c1. The molecule has 0 heterocycles. The van der Waals surface area contributed by atoms with Gasteiger partial charge in [-0.3, -0.25) is 4.79 Å². The first-order valence-corrected chi connectivity index (χ1v) is 9.59. The molecule has 3 aromatic carbocycles. The molecule has 0 unspecified atom stereocenters. The zero-order valence-electron chi connectivity index (χ0n) is 17.1. The molecule has 0 bridgehead atoms. The molecule has 0 atom stereocenters. The molecule has 29 heavy (non-hydrogen) atoms. The third kappa shape index (κ3) is 4.96. The molecule has 0 aliphatic heterocycles. The predicted molar refractivity (Wildman–Crippen MR) is 114 cm³/mol. The monoisotopic (exact) mass is 390 g/mol. The van der Waals surface area contributed by atoms with Crippen LogP contribution in [0.2, 0.25) is 0 Å². The topological polar surface area (TPSA) is 44.8 Å². The van der Waals surface area contributed by atoms with Gasteiger partial charge in [-0.2, -0.15) is 0 Å². The zero-order chi connectivity index (χ0) is 20.7. The first kappa shape index (κ1) is 20.5. The van der Waals surface area contributed by atoms with Crippen LogP contribution in [0.1, 0.15) is 35.3 Å². The Morgan fingerprint density at radius 2 is 1.41 bits per heavy atom. The standard InChI is InChI=1S/C25H26O4/c1-25(2,20-7-5-4-6-8-20)21-10-13-22(14-11-21)28-15-16-29-24-17-23(27-3)12-9-19(24)18-26/h4-14,17-18H,15-16H2,1-3H3. The smallest absolute Gasteiger partial charge is 0.153 e. The number of hydrogen-bond acceptors (Lipinski definition) is 4. The lowest BCUT2D eigenvalue weighted by Crippen LogP contribution is -2.18. The van der Waals surface area contributed by atoms with Crippen molar-refractivity contribution in [1.82, 2.24) is 0 Å². The van der Waals surface area contributed by atoms with Crippen molar-refractivity contribution < 1.29 is 19.0 Å². The average molecular weight is 390 g/mol. The number of rotatable bonds is 9. The highest BCUT2D eigenvalue weighted by atomic mass is 16.5. The number of methoxy groups -OCH3 is 1.